The second-order valence-electron chi connectivity index (χ2n) is 3.26. The summed E-state index contributed by atoms with van der Waals surface area (Å²) in [5, 5.41) is 8.63. The van der Waals surface area contributed by atoms with Crippen molar-refractivity contribution in [3.63, 3.8) is 0 Å². The van der Waals surface area contributed by atoms with Gasteiger partial charge in [0.25, 0.3) is 0 Å². The fourth-order valence-corrected chi connectivity index (χ4v) is 1.45. The molecule has 1 aromatic rings. The molecule has 0 heterocycles. The van der Waals surface area contributed by atoms with Crippen LogP contribution < -0.4 is 16.7 Å². The molecule has 0 saturated carbocycles. The molecule has 2 nitrogen and oxygen atoms in total. The van der Waals surface area contributed by atoms with Crippen LogP contribution in [-0.4, -0.2) is 15.7 Å². The topological polar surface area (TPSA) is 49.8 Å². The van der Waals surface area contributed by atoms with Gasteiger partial charge in [0, 0.05) is 5.69 Å². The Balaban J connectivity index is 3.65. The van der Waals surface area contributed by atoms with Gasteiger partial charge in [-0.1, -0.05) is 10.9 Å². The van der Waals surface area contributed by atoms with Crippen molar-refractivity contribution in [2.45, 2.75) is 6.18 Å². The number of nitrogens with two attached hydrogens (primary N) is 1. The largest absolute Gasteiger partial charge is 0.417 e. The lowest BCUT2D eigenvalue weighted by Gasteiger charge is -2.15. The zero-order valence-electron chi connectivity index (χ0n) is 8.24. The van der Waals surface area contributed by atoms with Gasteiger partial charge in [0.1, 0.15) is 15.7 Å². The van der Waals surface area contributed by atoms with Crippen LogP contribution in [0.1, 0.15) is 11.1 Å². The molecule has 0 saturated heterocycles. The van der Waals surface area contributed by atoms with Crippen LogP contribution in [0.15, 0.2) is 6.07 Å². The van der Waals surface area contributed by atoms with E-state index in [9.17, 15) is 13.2 Å². The molecule has 0 aromatic heterocycles. The number of benzene rings is 1. The molecule has 1 rings (SSSR count). The van der Waals surface area contributed by atoms with Gasteiger partial charge in [-0.3, -0.25) is 0 Å². The number of anilines is 1. The average molecular weight is 210 g/mol. The summed E-state index contributed by atoms with van der Waals surface area (Å²) in [6, 6.07) is 2.69. The molecule has 76 valence electrons. The molecule has 0 spiro atoms. The highest BCUT2D eigenvalue weighted by atomic mass is 19.4. The van der Waals surface area contributed by atoms with E-state index < -0.39 is 11.7 Å². The molecule has 7 heteroatoms. The van der Waals surface area contributed by atoms with E-state index in [1.165, 1.54) is 13.9 Å². The van der Waals surface area contributed by atoms with Crippen molar-refractivity contribution in [1.29, 1.82) is 5.26 Å². The maximum atomic E-state index is 12.6. The van der Waals surface area contributed by atoms with Gasteiger partial charge in [0.2, 0.25) is 0 Å². The first-order valence-electron chi connectivity index (χ1n) is 4.16. The fourth-order valence-electron chi connectivity index (χ4n) is 1.45. The Kier molecular flexibility index (Phi) is 2.71. The number of halogens is 3. The Morgan fingerprint density at radius 2 is 1.87 bits per heavy atom. The Labute approximate surface area is 86.7 Å². The van der Waals surface area contributed by atoms with Crippen molar-refractivity contribution >= 4 is 32.3 Å². The summed E-state index contributed by atoms with van der Waals surface area (Å²) in [5.41, 5.74) is 4.66. The molecule has 0 bridgehead atoms. The van der Waals surface area contributed by atoms with E-state index in [0.717, 1.165) is 6.07 Å². The highest BCUT2D eigenvalue weighted by Crippen LogP contribution is 2.30. The second kappa shape index (κ2) is 3.54. The normalized spacial score (nSPS) is 11.1. The molecule has 0 atom stereocenters. The smallest absolute Gasteiger partial charge is 0.400 e. The van der Waals surface area contributed by atoms with Crippen molar-refractivity contribution in [2.75, 3.05) is 5.73 Å². The molecule has 0 fully saturated rings. The second-order valence-corrected chi connectivity index (χ2v) is 3.26. The highest BCUT2D eigenvalue weighted by molar-refractivity contribution is 6.44. The quantitative estimate of drug-likeness (QED) is 0.426. The van der Waals surface area contributed by atoms with E-state index in [2.05, 4.69) is 0 Å². The summed E-state index contributed by atoms with van der Waals surface area (Å²) >= 11 is 0. The number of hydrogen-bond donors (Lipinski definition) is 1. The zero-order chi connectivity index (χ0) is 11.8. The number of alkyl halides is 3. The number of rotatable bonds is 0. The number of nitrogen functional groups attached to an aromatic ring is 1. The van der Waals surface area contributed by atoms with E-state index in [1.807, 2.05) is 0 Å². The average Bonchev–Trinajstić information content (AvgIpc) is 2.11. The van der Waals surface area contributed by atoms with E-state index in [0.29, 0.717) is 5.46 Å². The van der Waals surface area contributed by atoms with Crippen LogP contribution in [0, 0.1) is 11.3 Å². The first-order valence-corrected chi connectivity index (χ1v) is 4.16. The van der Waals surface area contributed by atoms with Crippen LogP contribution in [0.25, 0.3) is 0 Å². The lowest BCUT2D eigenvalue weighted by molar-refractivity contribution is -0.136. The molecule has 0 unspecified atom stereocenters. The minimum absolute atomic E-state index is 0.0842. The summed E-state index contributed by atoms with van der Waals surface area (Å²) < 4.78 is 37.8. The zero-order valence-corrected chi connectivity index (χ0v) is 8.24. The molecule has 0 radical (unpaired) electrons. The van der Waals surface area contributed by atoms with Gasteiger partial charge in [-0.2, -0.15) is 18.4 Å². The van der Waals surface area contributed by atoms with Gasteiger partial charge in [-0.25, -0.2) is 0 Å². The Morgan fingerprint density at radius 3 is 2.27 bits per heavy atom. The SMILES string of the molecule is Bc1cc(C#N)c(C(F)(F)F)c(B)c1N. The van der Waals surface area contributed by atoms with Gasteiger partial charge in [0.05, 0.1) is 17.2 Å². The monoisotopic (exact) mass is 210 g/mol. The molecule has 15 heavy (non-hydrogen) atoms. The summed E-state index contributed by atoms with van der Waals surface area (Å²) in [6.07, 6.45) is -4.54. The molecule has 0 aliphatic heterocycles. The van der Waals surface area contributed by atoms with Gasteiger partial charge in [-0.05, 0) is 6.07 Å². The van der Waals surface area contributed by atoms with Gasteiger partial charge in [-0.15, -0.1) is 0 Å². The minimum atomic E-state index is -4.54. The van der Waals surface area contributed by atoms with Crippen molar-refractivity contribution in [3.05, 3.63) is 17.2 Å². The Morgan fingerprint density at radius 1 is 1.33 bits per heavy atom. The molecule has 1 aromatic carbocycles. The maximum absolute atomic E-state index is 12.6. The van der Waals surface area contributed by atoms with Crippen LogP contribution in [0.3, 0.4) is 0 Å². The number of nitriles is 1. The lowest BCUT2D eigenvalue weighted by atomic mass is 9.79. The Hall–Kier alpha value is -1.57. The molecule has 2 N–H and O–H groups in total. The van der Waals surface area contributed by atoms with E-state index in [1.54, 1.807) is 7.85 Å². The van der Waals surface area contributed by atoms with E-state index in [4.69, 9.17) is 11.0 Å². The maximum Gasteiger partial charge on any atom is 0.417 e. The fraction of sp³-hybridized carbons (Fsp3) is 0.125. The standard InChI is InChI=1S/C8H7B2F3N2/c9-4-1-3(2-14)5(8(11,12)13)6(10)7(4)15/h1H,9-10,15H2. The minimum Gasteiger partial charge on any atom is -0.400 e. The van der Waals surface area contributed by atoms with E-state index >= 15 is 0 Å². The molecular formula is C8H7B2F3N2. The van der Waals surface area contributed by atoms with Crippen LogP contribution >= 0.6 is 0 Å². The lowest BCUT2D eigenvalue weighted by Crippen LogP contribution is -2.30. The molecule has 0 amide bonds. The molecule has 0 aliphatic carbocycles. The predicted molar refractivity (Wildman–Crippen MR) is 56.9 cm³/mol. The number of hydrogen-bond acceptors (Lipinski definition) is 2. The summed E-state index contributed by atoms with van der Waals surface area (Å²) in [7, 11) is 2.84. The third-order valence-corrected chi connectivity index (χ3v) is 2.24. The molecule has 0 aliphatic rings. The highest BCUT2D eigenvalue weighted by Gasteiger charge is 2.36. The third-order valence-electron chi connectivity index (χ3n) is 2.24. The number of nitrogens with zero attached hydrogens (tertiary/aromatic N) is 1. The van der Waals surface area contributed by atoms with Crippen LogP contribution in [0.2, 0.25) is 0 Å². The van der Waals surface area contributed by atoms with E-state index in [-0.39, 0.29) is 16.7 Å². The predicted octanol–water partition coefficient (Wildman–Crippen LogP) is -1.32. The van der Waals surface area contributed by atoms with Crippen LogP contribution in [0.5, 0.6) is 0 Å². The molecular weight excluding hydrogens is 203 g/mol. The van der Waals surface area contributed by atoms with Crippen molar-refractivity contribution < 1.29 is 13.2 Å². The van der Waals surface area contributed by atoms with Crippen molar-refractivity contribution in [3.8, 4) is 6.07 Å². The summed E-state index contributed by atoms with van der Waals surface area (Å²) in [5.74, 6) is 0. The summed E-state index contributed by atoms with van der Waals surface area (Å²) in [4.78, 5) is 0. The van der Waals surface area contributed by atoms with Crippen LogP contribution in [0.4, 0.5) is 18.9 Å². The van der Waals surface area contributed by atoms with Crippen molar-refractivity contribution in [1.82, 2.24) is 0 Å². The third kappa shape index (κ3) is 1.94. The van der Waals surface area contributed by atoms with Gasteiger partial charge < -0.3 is 5.73 Å². The Bertz CT molecular complexity index is 449. The first kappa shape index (κ1) is 11.5. The summed E-state index contributed by atoms with van der Waals surface area (Å²) in [6.45, 7) is 0. The van der Waals surface area contributed by atoms with Crippen molar-refractivity contribution in [2.24, 2.45) is 0 Å². The first-order chi connectivity index (χ1) is 6.79. The van der Waals surface area contributed by atoms with Gasteiger partial charge in [0.15, 0.2) is 0 Å². The van der Waals surface area contributed by atoms with Crippen LogP contribution in [-0.2, 0) is 6.18 Å². The van der Waals surface area contributed by atoms with Gasteiger partial charge >= 0.3 is 6.18 Å².